The van der Waals surface area contributed by atoms with Crippen LogP contribution >= 0.6 is 0 Å². The number of hydrogen-bond donors (Lipinski definition) is 1. The average molecular weight is 309 g/mol. The Morgan fingerprint density at radius 3 is 2.45 bits per heavy atom. The summed E-state index contributed by atoms with van der Waals surface area (Å²) in [5.41, 5.74) is 2.90. The second-order valence-corrected chi connectivity index (χ2v) is 6.61. The molecule has 1 aliphatic carbocycles. The Balaban J connectivity index is 2.84. The van der Waals surface area contributed by atoms with Gasteiger partial charge >= 0.3 is 12.1 Å². The van der Waals surface area contributed by atoms with Crippen molar-refractivity contribution in [2.45, 2.75) is 65.5 Å². The Hall–Kier alpha value is -1.78. The first kappa shape index (κ1) is 18.3. The Kier molecular flexibility index (Phi) is 6.21. The monoisotopic (exact) mass is 309 g/mol. The summed E-state index contributed by atoms with van der Waals surface area (Å²) < 4.78 is 10.0. The van der Waals surface area contributed by atoms with Gasteiger partial charge in [0.25, 0.3) is 0 Å². The molecule has 0 bridgehead atoms. The third-order valence-electron chi connectivity index (χ3n) is 3.55. The van der Waals surface area contributed by atoms with Gasteiger partial charge in [0, 0.05) is 6.42 Å². The van der Waals surface area contributed by atoms with Crippen LogP contribution in [0.1, 0.15) is 53.9 Å². The summed E-state index contributed by atoms with van der Waals surface area (Å²) in [6.07, 6.45) is 3.96. The number of carbonyl (C=O) groups excluding carboxylic acids is 2. The smallest absolute Gasteiger partial charge is 0.408 e. The van der Waals surface area contributed by atoms with E-state index in [4.69, 9.17) is 9.47 Å². The zero-order valence-corrected chi connectivity index (χ0v) is 14.4. The van der Waals surface area contributed by atoms with Crippen molar-refractivity contribution < 1.29 is 19.1 Å². The highest BCUT2D eigenvalue weighted by Crippen LogP contribution is 2.28. The van der Waals surface area contributed by atoms with Gasteiger partial charge in [-0.15, -0.1) is 0 Å². The molecule has 0 aliphatic heterocycles. The number of methoxy groups -OCH3 is 1. The van der Waals surface area contributed by atoms with Crippen LogP contribution in [0.2, 0.25) is 0 Å². The maximum absolute atomic E-state index is 12.0. The molecular formula is C17H27NO4. The first-order valence-corrected chi connectivity index (χ1v) is 7.57. The molecule has 0 heterocycles. The maximum Gasteiger partial charge on any atom is 0.408 e. The minimum Gasteiger partial charge on any atom is -0.467 e. The summed E-state index contributed by atoms with van der Waals surface area (Å²) in [7, 11) is 1.32. The molecule has 1 rings (SSSR count). The fourth-order valence-electron chi connectivity index (χ4n) is 2.44. The van der Waals surface area contributed by atoms with Gasteiger partial charge in [0.05, 0.1) is 7.11 Å². The molecule has 1 amide bonds. The van der Waals surface area contributed by atoms with Crippen LogP contribution in [-0.2, 0) is 14.3 Å². The van der Waals surface area contributed by atoms with Crippen molar-refractivity contribution in [3.63, 3.8) is 0 Å². The molecule has 5 nitrogen and oxygen atoms in total. The molecule has 124 valence electrons. The lowest BCUT2D eigenvalue weighted by molar-refractivity contribution is -0.143. The van der Waals surface area contributed by atoms with Crippen LogP contribution in [0.4, 0.5) is 4.79 Å². The van der Waals surface area contributed by atoms with Crippen LogP contribution in [0, 0.1) is 0 Å². The molecule has 22 heavy (non-hydrogen) atoms. The number of hydrogen-bond acceptors (Lipinski definition) is 4. The number of allylic oxidation sites excluding steroid dienone is 3. The predicted molar refractivity (Wildman–Crippen MR) is 85.5 cm³/mol. The van der Waals surface area contributed by atoms with Crippen LogP contribution in [0.3, 0.4) is 0 Å². The standard InChI is InChI=1S/C17H27NO4/c1-11-8-7-9-12(2)13(11)10-14(15(19)21-6)18-16(20)22-17(3,4)5/h8,14H,7,9-10H2,1-6H3,(H,18,20)/t14-/m0/s1. The van der Waals surface area contributed by atoms with Crippen molar-refractivity contribution >= 4 is 12.1 Å². The normalized spacial score (nSPS) is 16.7. The van der Waals surface area contributed by atoms with E-state index in [9.17, 15) is 9.59 Å². The summed E-state index contributed by atoms with van der Waals surface area (Å²) >= 11 is 0. The highest BCUT2D eigenvalue weighted by molar-refractivity contribution is 5.82. The lowest BCUT2D eigenvalue weighted by Gasteiger charge is -2.25. The third kappa shape index (κ3) is 5.54. The minimum atomic E-state index is -0.744. The number of esters is 1. The van der Waals surface area contributed by atoms with E-state index in [0.29, 0.717) is 6.42 Å². The second-order valence-electron chi connectivity index (χ2n) is 6.61. The van der Waals surface area contributed by atoms with Crippen molar-refractivity contribution in [3.05, 3.63) is 22.8 Å². The Morgan fingerprint density at radius 2 is 1.95 bits per heavy atom. The minimum absolute atomic E-state index is 0.417. The molecule has 0 saturated heterocycles. The average Bonchev–Trinajstić information content (AvgIpc) is 2.38. The molecule has 0 aromatic carbocycles. The van der Waals surface area contributed by atoms with E-state index in [0.717, 1.165) is 24.0 Å². The molecule has 1 atom stereocenters. The second kappa shape index (κ2) is 7.47. The van der Waals surface area contributed by atoms with E-state index >= 15 is 0 Å². The van der Waals surface area contributed by atoms with Crippen LogP contribution in [0.15, 0.2) is 22.8 Å². The molecule has 0 aromatic rings. The highest BCUT2D eigenvalue weighted by atomic mass is 16.6. The highest BCUT2D eigenvalue weighted by Gasteiger charge is 2.27. The Bertz CT molecular complexity index is 497. The van der Waals surface area contributed by atoms with Crippen molar-refractivity contribution in [1.29, 1.82) is 0 Å². The molecule has 0 unspecified atom stereocenters. The number of ether oxygens (including phenoxy) is 2. The van der Waals surface area contributed by atoms with Crippen LogP contribution in [0.25, 0.3) is 0 Å². The van der Waals surface area contributed by atoms with E-state index < -0.39 is 23.7 Å². The van der Waals surface area contributed by atoms with Crippen molar-refractivity contribution in [2.24, 2.45) is 0 Å². The van der Waals surface area contributed by atoms with Gasteiger partial charge in [-0.05, 0) is 53.0 Å². The fraction of sp³-hybridized carbons (Fsp3) is 0.647. The van der Waals surface area contributed by atoms with Crippen LogP contribution in [0.5, 0.6) is 0 Å². The summed E-state index contributed by atoms with van der Waals surface area (Å²) in [5, 5.41) is 2.62. The summed E-state index contributed by atoms with van der Waals surface area (Å²) in [6, 6.07) is -0.744. The van der Waals surface area contributed by atoms with Crippen molar-refractivity contribution in [2.75, 3.05) is 7.11 Å². The zero-order valence-electron chi connectivity index (χ0n) is 14.4. The predicted octanol–water partition coefficient (Wildman–Crippen LogP) is 3.50. The van der Waals surface area contributed by atoms with Gasteiger partial charge in [-0.25, -0.2) is 9.59 Å². The van der Waals surface area contributed by atoms with Crippen LogP contribution < -0.4 is 5.32 Å². The van der Waals surface area contributed by atoms with Gasteiger partial charge < -0.3 is 14.8 Å². The summed E-state index contributed by atoms with van der Waals surface area (Å²) in [5.74, 6) is -0.468. The van der Waals surface area contributed by atoms with Gasteiger partial charge in [-0.3, -0.25) is 0 Å². The van der Waals surface area contributed by atoms with E-state index in [1.165, 1.54) is 12.7 Å². The van der Waals surface area contributed by atoms with E-state index in [2.05, 4.69) is 18.3 Å². The lowest BCUT2D eigenvalue weighted by atomic mass is 9.88. The number of rotatable bonds is 4. The van der Waals surface area contributed by atoms with Gasteiger partial charge in [0.15, 0.2) is 0 Å². The molecule has 1 aliphatic rings. The number of carbonyl (C=O) groups is 2. The molecule has 0 fully saturated rings. The SMILES string of the molecule is COC(=O)[C@H](CC1=C(C)CCC=C1C)NC(=O)OC(C)(C)C. The topological polar surface area (TPSA) is 64.6 Å². The number of amides is 1. The zero-order chi connectivity index (χ0) is 16.9. The van der Waals surface area contributed by atoms with E-state index in [1.807, 2.05) is 6.92 Å². The first-order chi connectivity index (χ1) is 10.1. The lowest BCUT2D eigenvalue weighted by Crippen LogP contribution is -2.44. The Labute approximate surface area is 132 Å². The first-order valence-electron chi connectivity index (χ1n) is 7.57. The Morgan fingerprint density at radius 1 is 1.32 bits per heavy atom. The largest absolute Gasteiger partial charge is 0.467 e. The molecule has 5 heteroatoms. The molecule has 0 radical (unpaired) electrons. The third-order valence-corrected chi connectivity index (χ3v) is 3.55. The summed E-state index contributed by atoms with van der Waals surface area (Å²) in [4.78, 5) is 23.9. The van der Waals surface area contributed by atoms with Gasteiger partial charge in [-0.1, -0.05) is 17.2 Å². The number of alkyl carbamates (subject to hydrolysis) is 1. The summed E-state index contributed by atoms with van der Waals surface area (Å²) in [6.45, 7) is 9.43. The number of nitrogens with one attached hydrogen (secondary N) is 1. The molecule has 0 spiro atoms. The van der Waals surface area contributed by atoms with Gasteiger partial charge in [0.2, 0.25) is 0 Å². The van der Waals surface area contributed by atoms with E-state index in [-0.39, 0.29) is 0 Å². The molecule has 0 saturated carbocycles. The van der Waals surface area contributed by atoms with Crippen molar-refractivity contribution in [1.82, 2.24) is 5.32 Å². The van der Waals surface area contributed by atoms with Gasteiger partial charge in [-0.2, -0.15) is 0 Å². The molecular weight excluding hydrogens is 282 g/mol. The van der Waals surface area contributed by atoms with Crippen LogP contribution in [-0.4, -0.2) is 30.8 Å². The van der Waals surface area contributed by atoms with E-state index in [1.54, 1.807) is 20.8 Å². The quantitative estimate of drug-likeness (QED) is 0.807. The van der Waals surface area contributed by atoms with Crippen molar-refractivity contribution in [3.8, 4) is 0 Å². The molecule has 1 N–H and O–H groups in total. The molecule has 0 aromatic heterocycles. The maximum atomic E-state index is 12.0. The van der Waals surface area contributed by atoms with Gasteiger partial charge in [0.1, 0.15) is 11.6 Å². The fourth-order valence-corrected chi connectivity index (χ4v) is 2.44.